The number of benzene rings is 1. The van der Waals surface area contributed by atoms with Gasteiger partial charge in [-0.25, -0.2) is 9.59 Å². The lowest BCUT2D eigenvalue weighted by molar-refractivity contribution is 0.0697. The van der Waals surface area contributed by atoms with Crippen LogP contribution in [0.1, 0.15) is 36.5 Å². The SMILES string of the molecule is CCCC1CC1NC(=O)Nc1c(Cl)cc(C(=O)O)cc1Cl. The molecule has 2 rings (SSSR count). The second-order valence-corrected chi connectivity index (χ2v) is 5.92. The summed E-state index contributed by atoms with van der Waals surface area (Å²) in [6, 6.07) is 2.32. The molecule has 0 radical (unpaired) electrons. The molecule has 2 atom stereocenters. The molecule has 0 spiro atoms. The Bertz CT molecular complexity index is 554. The fraction of sp³-hybridized carbons (Fsp3) is 0.429. The van der Waals surface area contributed by atoms with E-state index < -0.39 is 5.97 Å². The molecule has 0 heterocycles. The molecule has 2 unspecified atom stereocenters. The van der Waals surface area contributed by atoms with Gasteiger partial charge >= 0.3 is 12.0 Å². The van der Waals surface area contributed by atoms with Gasteiger partial charge in [0.2, 0.25) is 0 Å². The summed E-state index contributed by atoms with van der Waals surface area (Å²) in [6.07, 6.45) is 3.18. The number of urea groups is 1. The number of carbonyl (C=O) groups is 2. The molecule has 1 aromatic carbocycles. The van der Waals surface area contributed by atoms with Crippen molar-refractivity contribution in [1.82, 2.24) is 5.32 Å². The Morgan fingerprint density at radius 3 is 2.48 bits per heavy atom. The first-order valence-corrected chi connectivity index (χ1v) is 7.47. The Morgan fingerprint density at radius 1 is 1.33 bits per heavy atom. The summed E-state index contributed by atoms with van der Waals surface area (Å²) in [5.74, 6) is -0.587. The highest BCUT2D eigenvalue weighted by Crippen LogP contribution is 2.35. The standard InChI is InChI=1S/C14H16Cl2N2O3/c1-2-3-7-6-11(7)17-14(21)18-12-9(15)4-8(13(19)20)5-10(12)16/h4-5,7,11H,2-3,6H2,1H3,(H,19,20)(H2,17,18,21). The summed E-state index contributed by atoms with van der Waals surface area (Å²) < 4.78 is 0. The third-order valence-electron chi connectivity index (χ3n) is 3.43. The average Bonchev–Trinajstić information content (AvgIpc) is 3.11. The van der Waals surface area contributed by atoms with Crippen LogP contribution in [0.3, 0.4) is 0 Å². The van der Waals surface area contributed by atoms with Crippen molar-refractivity contribution in [3.05, 3.63) is 27.7 Å². The summed E-state index contributed by atoms with van der Waals surface area (Å²) in [7, 11) is 0. The van der Waals surface area contributed by atoms with E-state index in [0.717, 1.165) is 19.3 Å². The van der Waals surface area contributed by atoms with Crippen molar-refractivity contribution < 1.29 is 14.7 Å². The molecule has 1 aliphatic carbocycles. The monoisotopic (exact) mass is 330 g/mol. The van der Waals surface area contributed by atoms with Crippen LogP contribution in [0.15, 0.2) is 12.1 Å². The molecule has 2 amide bonds. The van der Waals surface area contributed by atoms with E-state index in [1.807, 2.05) is 0 Å². The first-order chi connectivity index (χ1) is 9.92. The lowest BCUT2D eigenvalue weighted by Crippen LogP contribution is -2.31. The smallest absolute Gasteiger partial charge is 0.335 e. The first-order valence-electron chi connectivity index (χ1n) is 6.72. The maximum absolute atomic E-state index is 11.9. The molecule has 1 aliphatic rings. The zero-order valence-electron chi connectivity index (χ0n) is 11.5. The van der Waals surface area contributed by atoms with Crippen molar-refractivity contribution >= 4 is 40.9 Å². The molecule has 1 saturated carbocycles. The lowest BCUT2D eigenvalue weighted by atomic mass is 10.2. The molecule has 0 bridgehead atoms. The zero-order valence-corrected chi connectivity index (χ0v) is 13.0. The predicted octanol–water partition coefficient (Wildman–Crippen LogP) is 4.00. The number of hydrogen-bond acceptors (Lipinski definition) is 2. The summed E-state index contributed by atoms with van der Waals surface area (Å²) >= 11 is 11.9. The maximum Gasteiger partial charge on any atom is 0.335 e. The summed E-state index contributed by atoms with van der Waals surface area (Å²) in [4.78, 5) is 22.8. The van der Waals surface area contributed by atoms with E-state index in [4.69, 9.17) is 28.3 Å². The number of carboxylic acids is 1. The van der Waals surface area contributed by atoms with Crippen LogP contribution in [0, 0.1) is 5.92 Å². The van der Waals surface area contributed by atoms with Gasteiger partial charge in [0.1, 0.15) is 0 Å². The summed E-state index contributed by atoms with van der Waals surface area (Å²) in [6.45, 7) is 2.11. The van der Waals surface area contributed by atoms with Crippen molar-refractivity contribution in [3.8, 4) is 0 Å². The Hall–Kier alpha value is -1.46. The third kappa shape index (κ3) is 4.02. The highest BCUT2D eigenvalue weighted by atomic mass is 35.5. The molecule has 0 aromatic heterocycles. The first kappa shape index (κ1) is 15.9. The number of carboxylic acid groups (broad SMARTS) is 1. The molecule has 3 N–H and O–H groups in total. The zero-order chi connectivity index (χ0) is 15.6. The van der Waals surface area contributed by atoms with Crippen molar-refractivity contribution in [3.63, 3.8) is 0 Å². The van der Waals surface area contributed by atoms with Gasteiger partial charge in [-0.3, -0.25) is 0 Å². The van der Waals surface area contributed by atoms with E-state index in [0.29, 0.717) is 5.92 Å². The van der Waals surface area contributed by atoms with Crippen LogP contribution in [0.4, 0.5) is 10.5 Å². The van der Waals surface area contributed by atoms with Crippen LogP contribution in [0.25, 0.3) is 0 Å². The molecule has 1 fully saturated rings. The van der Waals surface area contributed by atoms with Gasteiger partial charge in [0.25, 0.3) is 0 Å². The highest BCUT2D eigenvalue weighted by molar-refractivity contribution is 6.40. The number of anilines is 1. The Kier molecular flexibility index (Phi) is 4.96. The number of amides is 2. The number of halogens is 2. The quantitative estimate of drug-likeness (QED) is 0.763. The van der Waals surface area contributed by atoms with Gasteiger partial charge in [-0.1, -0.05) is 36.5 Å². The Morgan fingerprint density at radius 2 is 1.95 bits per heavy atom. The van der Waals surface area contributed by atoms with Crippen LogP contribution >= 0.6 is 23.2 Å². The van der Waals surface area contributed by atoms with Crippen LogP contribution in [-0.4, -0.2) is 23.1 Å². The Balaban J connectivity index is 2.00. The maximum atomic E-state index is 11.9. The Labute approximate surface area is 132 Å². The molecule has 21 heavy (non-hydrogen) atoms. The summed E-state index contributed by atoms with van der Waals surface area (Å²) in [5, 5.41) is 14.5. The van der Waals surface area contributed by atoms with E-state index in [2.05, 4.69) is 17.6 Å². The van der Waals surface area contributed by atoms with Crippen LogP contribution in [0.5, 0.6) is 0 Å². The van der Waals surface area contributed by atoms with Crippen LogP contribution < -0.4 is 10.6 Å². The minimum absolute atomic E-state index is 0.0267. The largest absolute Gasteiger partial charge is 0.478 e. The second-order valence-electron chi connectivity index (χ2n) is 5.11. The van der Waals surface area contributed by atoms with E-state index in [1.54, 1.807) is 0 Å². The van der Waals surface area contributed by atoms with Gasteiger partial charge in [-0.15, -0.1) is 0 Å². The molecule has 0 aliphatic heterocycles. The number of hydrogen-bond donors (Lipinski definition) is 3. The van der Waals surface area contributed by atoms with Gasteiger partial charge in [0.15, 0.2) is 0 Å². The normalized spacial score (nSPS) is 20.0. The highest BCUT2D eigenvalue weighted by Gasteiger charge is 2.37. The molecule has 114 valence electrons. The topological polar surface area (TPSA) is 78.4 Å². The molecular weight excluding hydrogens is 315 g/mol. The summed E-state index contributed by atoms with van der Waals surface area (Å²) in [5.41, 5.74) is 0.190. The number of rotatable bonds is 5. The number of nitrogens with one attached hydrogen (secondary N) is 2. The van der Waals surface area contributed by atoms with E-state index in [9.17, 15) is 9.59 Å². The fourth-order valence-electron chi connectivity index (χ4n) is 2.25. The van der Waals surface area contributed by atoms with Gasteiger partial charge in [0, 0.05) is 6.04 Å². The minimum Gasteiger partial charge on any atom is -0.478 e. The van der Waals surface area contributed by atoms with Crippen molar-refractivity contribution in [2.45, 2.75) is 32.2 Å². The molecular formula is C14H16Cl2N2O3. The van der Waals surface area contributed by atoms with Gasteiger partial charge in [0.05, 0.1) is 21.3 Å². The second kappa shape index (κ2) is 6.54. The lowest BCUT2D eigenvalue weighted by Gasteiger charge is -2.11. The van der Waals surface area contributed by atoms with E-state index >= 15 is 0 Å². The number of carbonyl (C=O) groups excluding carboxylic acids is 1. The third-order valence-corrected chi connectivity index (χ3v) is 4.02. The van der Waals surface area contributed by atoms with E-state index in [-0.39, 0.29) is 33.4 Å². The van der Waals surface area contributed by atoms with Crippen LogP contribution in [-0.2, 0) is 0 Å². The van der Waals surface area contributed by atoms with Crippen LogP contribution in [0.2, 0.25) is 10.0 Å². The molecule has 0 saturated heterocycles. The van der Waals surface area contributed by atoms with Gasteiger partial charge in [-0.2, -0.15) is 0 Å². The molecule has 5 nitrogen and oxygen atoms in total. The fourth-order valence-corrected chi connectivity index (χ4v) is 2.83. The van der Waals surface area contributed by atoms with Gasteiger partial charge < -0.3 is 15.7 Å². The van der Waals surface area contributed by atoms with Crippen molar-refractivity contribution in [1.29, 1.82) is 0 Å². The van der Waals surface area contributed by atoms with Crippen molar-refractivity contribution in [2.24, 2.45) is 5.92 Å². The van der Waals surface area contributed by atoms with E-state index in [1.165, 1.54) is 12.1 Å². The average molecular weight is 331 g/mol. The number of aromatic carboxylic acids is 1. The van der Waals surface area contributed by atoms with Gasteiger partial charge in [-0.05, 0) is 30.9 Å². The molecule has 1 aromatic rings. The minimum atomic E-state index is -1.13. The predicted molar refractivity (Wildman–Crippen MR) is 82.4 cm³/mol. The molecule has 7 heteroatoms. The van der Waals surface area contributed by atoms with Crippen molar-refractivity contribution in [2.75, 3.05) is 5.32 Å².